The molecule has 0 saturated carbocycles. The van der Waals surface area contributed by atoms with Gasteiger partial charge in [0.1, 0.15) is 17.6 Å². The smallest absolute Gasteiger partial charge is 0.174 e. The van der Waals surface area contributed by atoms with Crippen LogP contribution in [0.5, 0.6) is 0 Å². The van der Waals surface area contributed by atoms with Gasteiger partial charge in [-0.1, -0.05) is 35.9 Å². The zero-order chi connectivity index (χ0) is 23.1. The van der Waals surface area contributed by atoms with Crippen LogP contribution in [0.1, 0.15) is 40.2 Å². The fraction of sp³-hybridized carbons (Fsp3) is 0.185. The summed E-state index contributed by atoms with van der Waals surface area (Å²) in [6.45, 7) is 6.21. The van der Waals surface area contributed by atoms with E-state index in [9.17, 15) is 0 Å². The van der Waals surface area contributed by atoms with Crippen LogP contribution in [0.4, 0.5) is 5.69 Å². The minimum atomic E-state index is -0.191. The monoisotopic (exact) mass is 473 g/mol. The first kappa shape index (κ1) is 21.7. The van der Waals surface area contributed by atoms with Crippen molar-refractivity contribution in [3.63, 3.8) is 0 Å². The van der Waals surface area contributed by atoms with E-state index in [1.807, 2.05) is 55.5 Å². The van der Waals surface area contributed by atoms with E-state index in [0.717, 1.165) is 39.1 Å². The SMILES string of the molecule is Cc1ccc(N2C(=S)N[C@H](c3ccccn3)[C@@H]2c2ccc(-c3ccc(C)c(Cl)c3)o2)cc1C. The molecule has 1 aliphatic rings. The highest BCUT2D eigenvalue weighted by molar-refractivity contribution is 7.80. The van der Waals surface area contributed by atoms with E-state index in [-0.39, 0.29) is 12.1 Å². The van der Waals surface area contributed by atoms with Gasteiger partial charge in [0.15, 0.2) is 5.11 Å². The molecule has 2 aromatic heterocycles. The molecule has 1 aliphatic heterocycles. The summed E-state index contributed by atoms with van der Waals surface area (Å²) in [5.41, 5.74) is 6.37. The Bertz CT molecular complexity index is 1330. The molecule has 1 saturated heterocycles. The summed E-state index contributed by atoms with van der Waals surface area (Å²) < 4.78 is 6.43. The van der Waals surface area contributed by atoms with Gasteiger partial charge in [0, 0.05) is 22.5 Å². The number of nitrogens with one attached hydrogen (secondary N) is 1. The van der Waals surface area contributed by atoms with Crippen molar-refractivity contribution in [2.45, 2.75) is 32.9 Å². The predicted octanol–water partition coefficient (Wildman–Crippen LogP) is 7.10. The van der Waals surface area contributed by atoms with Gasteiger partial charge in [-0.05, 0) is 92.1 Å². The predicted molar refractivity (Wildman–Crippen MR) is 138 cm³/mol. The Kier molecular flexibility index (Phi) is 5.69. The van der Waals surface area contributed by atoms with Gasteiger partial charge >= 0.3 is 0 Å². The minimum absolute atomic E-state index is 0.152. The summed E-state index contributed by atoms with van der Waals surface area (Å²) >= 11 is 12.2. The average molecular weight is 474 g/mol. The normalized spacial score (nSPS) is 17.9. The lowest BCUT2D eigenvalue weighted by Gasteiger charge is -2.26. The van der Waals surface area contributed by atoms with Gasteiger partial charge in [0.25, 0.3) is 0 Å². The number of anilines is 1. The van der Waals surface area contributed by atoms with Gasteiger partial charge in [-0.25, -0.2) is 0 Å². The zero-order valence-corrected chi connectivity index (χ0v) is 20.2. The molecule has 5 rings (SSSR count). The van der Waals surface area contributed by atoms with E-state index in [1.165, 1.54) is 11.1 Å². The maximum absolute atomic E-state index is 6.43. The van der Waals surface area contributed by atoms with Crippen molar-refractivity contribution < 1.29 is 4.42 Å². The van der Waals surface area contributed by atoms with Crippen molar-refractivity contribution in [3.8, 4) is 11.3 Å². The highest BCUT2D eigenvalue weighted by Crippen LogP contribution is 2.43. The number of nitrogens with zero attached hydrogens (tertiary/aromatic N) is 2. The van der Waals surface area contributed by atoms with Crippen LogP contribution in [0.3, 0.4) is 0 Å². The van der Waals surface area contributed by atoms with Crippen molar-refractivity contribution in [2.24, 2.45) is 0 Å². The Hall–Kier alpha value is -3.15. The number of aromatic nitrogens is 1. The number of aryl methyl sites for hydroxylation is 3. The number of furan rings is 1. The summed E-state index contributed by atoms with van der Waals surface area (Å²) in [5.74, 6) is 1.58. The van der Waals surface area contributed by atoms with Gasteiger partial charge in [-0.3, -0.25) is 4.98 Å². The summed E-state index contributed by atoms with van der Waals surface area (Å²) in [5, 5.41) is 4.85. The topological polar surface area (TPSA) is 41.3 Å². The van der Waals surface area contributed by atoms with Gasteiger partial charge in [0.05, 0.1) is 11.7 Å². The molecule has 0 amide bonds. The van der Waals surface area contributed by atoms with Crippen molar-refractivity contribution >= 4 is 34.6 Å². The van der Waals surface area contributed by atoms with E-state index in [2.05, 4.69) is 47.2 Å². The Morgan fingerprint density at radius 2 is 1.76 bits per heavy atom. The first-order valence-corrected chi connectivity index (χ1v) is 11.6. The van der Waals surface area contributed by atoms with E-state index in [0.29, 0.717) is 5.11 Å². The number of hydrogen-bond acceptors (Lipinski definition) is 3. The lowest BCUT2D eigenvalue weighted by molar-refractivity contribution is 0.439. The van der Waals surface area contributed by atoms with Crippen LogP contribution < -0.4 is 10.2 Å². The second kappa shape index (κ2) is 8.65. The van der Waals surface area contributed by atoms with Crippen molar-refractivity contribution in [1.82, 2.24) is 10.3 Å². The van der Waals surface area contributed by atoms with E-state index in [4.69, 9.17) is 28.2 Å². The lowest BCUT2D eigenvalue weighted by Crippen LogP contribution is -2.29. The van der Waals surface area contributed by atoms with Crippen LogP contribution >= 0.6 is 23.8 Å². The molecule has 33 heavy (non-hydrogen) atoms. The Balaban J connectivity index is 1.61. The summed E-state index contributed by atoms with van der Waals surface area (Å²) in [6, 6.07) is 22.0. The van der Waals surface area contributed by atoms with Crippen molar-refractivity contribution in [2.75, 3.05) is 4.90 Å². The molecule has 2 aromatic carbocycles. The number of hydrogen-bond donors (Lipinski definition) is 1. The standard InChI is InChI=1S/C27H24ClN3OS/c1-16-8-10-20(14-18(16)3)31-26(25(30-27(31)33)22-6-4-5-13-29-22)24-12-11-23(32-24)19-9-7-17(2)21(28)15-19/h4-15,25-26H,1-3H3,(H,30,33)/t25-,26+/m1/s1. The molecular formula is C27H24ClN3OS. The third-order valence-corrected chi connectivity index (χ3v) is 6.96. The number of pyridine rings is 1. The van der Waals surface area contributed by atoms with Crippen LogP contribution in [0, 0.1) is 20.8 Å². The van der Waals surface area contributed by atoms with Gasteiger partial charge in [-0.15, -0.1) is 0 Å². The minimum Gasteiger partial charge on any atom is -0.459 e. The molecule has 0 unspecified atom stereocenters. The summed E-state index contributed by atoms with van der Waals surface area (Å²) in [4.78, 5) is 6.74. The number of benzene rings is 2. The average Bonchev–Trinajstić information content (AvgIpc) is 3.43. The molecule has 0 spiro atoms. The van der Waals surface area contributed by atoms with E-state index in [1.54, 1.807) is 6.20 Å². The van der Waals surface area contributed by atoms with Crippen molar-refractivity contribution in [3.05, 3.63) is 106 Å². The Labute approximate surface area is 204 Å². The molecule has 4 nitrogen and oxygen atoms in total. The quantitative estimate of drug-likeness (QED) is 0.320. The highest BCUT2D eigenvalue weighted by atomic mass is 35.5. The molecule has 0 radical (unpaired) electrons. The second-order valence-corrected chi connectivity index (χ2v) is 9.23. The molecule has 166 valence electrons. The molecule has 2 atom stereocenters. The van der Waals surface area contributed by atoms with Crippen LogP contribution in [0.25, 0.3) is 11.3 Å². The lowest BCUT2D eigenvalue weighted by atomic mass is 10.0. The second-order valence-electron chi connectivity index (χ2n) is 8.43. The molecule has 6 heteroatoms. The fourth-order valence-corrected chi connectivity index (χ4v) is 4.74. The molecule has 4 aromatic rings. The fourth-order valence-electron chi connectivity index (χ4n) is 4.21. The molecule has 1 fully saturated rings. The molecule has 0 bridgehead atoms. The van der Waals surface area contributed by atoms with E-state index < -0.39 is 0 Å². The maximum Gasteiger partial charge on any atom is 0.174 e. The van der Waals surface area contributed by atoms with Crippen LogP contribution in [0.15, 0.2) is 77.3 Å². The third kappa shape index (κ3) is 4.03. The highest BCUT2D eigenvalue weighted by Gasteiger charge is 2.42. The van der Waals surface area contributed by atoms with Crippen LogP contribution in [-0.2, 0) is 0 Å². The first-order valence-electron chi connectivity index (χ1n) is 10.9. The summed E-state index contributed by atoms with van der Waals surface area (Å²) in [7, 11) is 0. The van der Waals surface area contributed by atoms with Crippen LogP contribution in [-0.4, -0.2) is 10.1 Å². The first-order chi connectivity index (χ1) is 15.9. The molecule has 0 aliphatic carbocycles. The number of rotatable bonds is 4. The number of halogens is 1. The van der Waals surface area contributed by atoms with Gasteiger partial charge in [0.2, 0.25) is 0 Å². The number of thiocarbonyl (C=S) groups is 1. The summed E-state index contributed by atoms with van der Waals surface area (Å²) in [6.07, 6.45) is 1.80. The van der Waals surface area contributed by atoms with E-state index >= 15 is 0 Å². The third-order valence-electron chi connectivity index (χ3n) is 6.24. The Morgan fingerprint density at radius 1 is 0.939 bits per heavy atom. The Morgan fingerprint density at radius 3 is 2.48 bits per heavy atom. The largest absolute Gasteiger partial charge is 0.459 e. The maximum atomic E-state index is 6.43. The zero-order valence-electron chi connectivity index (χ0n) is 18.7. The van der Waals surface area contributed by atoms with Gasteiger partial charge in [-0.2, -0.15) is 0 Å². The molecule has 1 N–H and O–H groups in total. The van der Waals surface area contributed by atoms with Crippen LogP contribution in [0.2, 0.25) is 5.02 Å². The van der Waals surface area contributed by atoms with Gasteiger partial charge < -0.3 is 14.6 Å². The molecular weight excluding hydrogens is 450 g/mol. The van der Waals surface area contributed by atoms with Crippen molar-refractivity contribution in [1.29, 1.82) is 0 Å². The molecule has 3 heterocycles.